The Morgan fingerprint density at radius 1 is 0.308 bits per heavy atom. The smallest absolute Gasteiger partial charge is 0.159 e. The number of aromatic nitrogens is 1. The molecule has 13 rings (SSSR count). The van der Waals surface area contributed by atoms with Crippen molar-refractivity contribution in [3.63, 3.8) is 0 Å². The summed E-state index contributed by atoms with van der Waals surface area (Å²) in [6.07, 6.45) is 0. The van der Waals surface area contributed by atoms with Gasteiger partial charge in [0.05, 0.1) is 16.7 Å². The highest BCUT2D eigenvalue weighted by Gasteiger charge is 2.22. The van der Waals surface area contributed by atoms with E-state index in [0.29, 0.717) is 0 Å². The molecule has 2 aromatic heterocycles. The highest BCUT2D eigenvalue weighted by molar-refractivity contribution is 6.18. The zero-order valence-corrected chi connectivity index (χ0v) is 35.4. The Balaban J connectivity index is 1.02. The second-order valence-electron chi connectivity index (χ2n) is 16.9. The molecule has 65 heavy (non-hydrogen) atoms. The maximum Gasteiger partial charge on any atom is 0.159 e. The van der Waals surface area contributed by atoms with Crippen molar-refractivity contribution in [2.75, 3.05) is 4.90 Å². The van der Waals surface area contributed by atoms with Gasteiger partial charge in [-0.2, -0.15) is 0 Å². The molecule has 2 heterocycles. The summed E-state index contributed by atoms with van der Waals surface area (Å²) in [4.78, 5) is 2.36. The van der Waals surface area contributed by atoms with Gasteiger partial charge in [-0.05, 0) is 116 Å². The maximum atomic E-state index is 7.03. The third kappa shape index (κ3) is 6.12. The minimum absolute atomic E-state index is 0.848. The van der Waals surface area contributed by atoms with Crippen molar-refractivity contribution in [2.24, 2.45) is 0 Å². The van der Waals surface area contributed by atoms with Crippen molar-refractivity contribution in [2.45, 2.75) is 0 Å². The topological polar surface area (TPSA) is 21.3 Å². The molecular formula is C62H40N2O. The molecule has 0 fully saturated rings. The SMILES string of the molecule is c1ccc(-c2ccc3c(c2)c2cc(-c4ccccc4)ccc2n3-c2cccc(N(c3ccc(-c4cccc5ccccc45)cc3)c3cccc4c3oc3c5ccccc5ccc43)c2)cc1. The predicted molar refractivity (Wildman–Crippen MR) is 274 cm³/mol. The molecule has 0 atom stereocenters. The summed E-state index contributed by atoms with van der Waals surface area (Å²) in [5.74, 6) is 0. The summed E-state index contributed by atoms with van der Waals surface area (Å²) in [5, 5.41) is 9.36. The van der Waals surface area contributed by atoms with Gasteiger partial charge in [-0.25, -0.2) is 0 Å². The number of furan rings is 1. The van der Waals surface area contributed by atoms with Gasteiger partial charge in [-0.3, -0.25) is 0 Å². The van der Waals surface area contributed by atoms with Crippen LogP contribution in [-0.2, 0) is 0 Å². The van der Waals surface area contributed by atoms with Crippen LogP contribution in [0.25, 0.3) is 104 Å². The molecule has 0 saturated heterocycles. The molecule has 0 spiro atoms. The van der Waals surface area contributed by atoms with E-state index in [2.05, 4.69) is 252 Å². The van der Waals surface area contributed by atoms with Crippen LogP contribution >= 0.6 is 0 Å². The van der Waals surface area contributed by atoms with Gasteiger partial charge in [0.2, 0.25) is 0 Å². The van der Waals surface area contributed by atoms with Gasteiger partial charge in [0.15, 0.2) is 5.58 Å². The highest BCUT2D eigenvalue weighted by atomic mass is 16.3. The zero-order valence-electron chi connectivity index (χ0n) is 35.4. The number of hydrogen-bond donors (Lipinski definition) is 0. The largest absolute Gasteiger partial charge is 0.453 e. The zero-order chi connectivity index (χ0) is 42.8. The molecular weight excluding hydrogens is 789 g/mol. The van der Waals surface area contributed by atoms with Gasteiger partial charge in [0.1, 0.15) is 5.58 Å². The van der Waals surface area contributed by atoms with Crippen LogP contribution in [0.1, 0.15) is 0 Å². The van der Waals surface area contributed by atoms with Crippen molar-refractivity contribution in [1.29, 1.82) is 0 Å². The average Bonchev–Trinajstić information content (AvgIpc) is 3.93. The van der Waals surface area contributed by atoms with Crippen molar-refractivity contribution in [3.05, 3.63) is 243 Å². The monoisotopic (exact) mass is 828 g/mol. The van der Waals surface area contributed by atoms with Gasteiger partial charge >= 0.3 is 0 Å². The quantitative estimate of drug-likeness (QED) is 0.160. The average molecular weight is 829 g/mol. The molecule has 3 heteroatoms. The van der Waals surface area contributed by atoms with Gasteiger partial charge in [0, 0.05) is 44.0 Å². The minimum Gasteiger partial charge on any atom is -0.453 e. The van der Waals surface area contributed by atoms with Crippen molar-refractivity contribution >= 4 is 82.4 Å². The summed E-state index contributed by atoms with van der Waals surface area (Å²) in [6.45, 7) is 0. The number of anilines is 3. The van der Waals surface area contributed by atoms with Gasteiger partial charge < -0.3 is 13.9 Å². The van der Waals surface area contributed by atoms with E-state index in [1.165, 1.54) is 54.9 Å². The molecule has 13 aromatic rings. The lowest BCUT2D eigenvalue weighted by Gasteiger charge is -2.26. The summed E-state index contributed by atoms with van der Waals surface area (Å²) in [5.41, 5.74) is 15.3. The van der Waals surface area contributed by atoms with Gasteiger partial charge in [-0.1, -0.05) is 176 Å². The second kappa shape index (κ2) is 15.0. The van der Waals surface area contributed by atoms with Crippen LogP contribution in [0.4, 0.5) is 17.1 Å². The predicted octanol–water partition coefficient (Wildman–Crippen LogP) is 17.5. The van der Waals surface area contributed by atoms with Gasteiger partial charge in [0.25, 0.3) is 0 Å². The number of fused-ring (bicyclic) bond motifs is 9. The van der Waals surface area contributed by atoms with E-state index in [0.717, 1.165) is 66.5 Å². The molecule has 304 valence electrons. The summed E-state index contributed by atoms with van der Waals surface area (Å²) >= 11 is 0. The Morgan fingerprint density at radius 2 is 0.862 bits per heavy atom. The third-order valence-corrected chi connectivity index (χ3v) is 13.2. The lowest BCUT2D eigenvalue weighted by atomic mass is 9.98. The van der Waals surface area contributed by atoms with E-state index >= 15 is 0 Å². The van der Waals surface area contributed by atoms with Crippen LogP contribution < -0.4 is 4.90 Å². The van der Waals surface area contributed by atoms with E-state index in [-0.39, 0.29) is 0 Å². The fourth-order valence-corrected chi connectivity index (χ4v) is 10.1. The maximum absolute atomic E-state index is 7.03. The Kier molecular flexibility index (Phi) is 8.53. The molecule has 0 unspecified atom stereocenters. The lowest BCUT2D eigenvalue weighted by molar-refractivity contribution is 0.673. The third-order valence-electron chi connectivity index (χ3n) is 13.2. The first-order valence-electron chi connectivity index (χ1n) is 22.2. The number of rotatable bonds is 7. The molecule has 0 amide bonds. The highest BCUT2D eigenvalue weighted by Crippen LogP contribution is 2.45. The first-order chi connectivity index (χ1) is 32.2. The Hall–Kier alpha value is -8.66. The lowest BCUT2D eigenvalue weighted by Crippen LogP contribution is -2.11. The van der Waals surface area contributed by atoms with E-state index in [1.54, 1.807) is 0 Å². The summed E-state index contributed by atoms with van der Waals surface area (Å²) < 4.78 is 9.45. The molecule has 0 N–H and O–H groups in total. The van der Waals surface area contributed by atoms with Crippen LogP contribution in [0.3, 0.4) is 0 Å². The van der Waals surface area contributed by atoms with Crippen LogP contribution in [0, 0.1) is 0 Å². The Bertz CT molecular complexity index is 3840. The van der Waals surface area contributed by atoms with Crippen LogP contribution in [0.5, 0.6) is 0 Å². The van der Waals surface area contributed by atoms with E-state index in [4.69, 9.17) is 4.42 Å². The fourth-order valence-electron chi connectivity index (χ4n) is 10.1. The Labute approximate surface area is 376 Å². The van der Waals surface area contributed by atoms with Gasteiger partial charge in [-0.15, -0.1) is 0 Å². The standard InChI is InChI=1S/C62H40N2O/c1-3-14-41(15-4-1)46-31-36-58-56(38-46)57-39-47(42-16-5-2-6-17-42)32-37-59(57)64(58)50-22-12-21-49(40-50)63(48-33-28-45(29-34-48)52-25-11-20-43-18-7-9-23-51(43)52)60-27-13-26-54-55-35-30-44-19-8-10-24-53(44)61(55)65-62(54)60/h1-40H. The molecule has 0 bridgehead atoms. The molecule has 0 aliphatic rings. The van der Waals surface area contributed by atoms with Crippen molar-refractivity contribution in [1.82, 2.24) is 4.57 Å². The molecule has 0 saturated carbocycles. The van der Waals surface area contributed by atoms with Crippen LogP contribution in [0.15, 0.2) is 247 Å². The van der Waals surface area contributed by atoms with E-state index in [9.17, 15) is 0 Å². The normalized spacial score (nSPS) is 11.7. The molecule has 3 nitrogen and oxygen atoms in total. The molecule has 0 aliphatic heterocycles. The molecule has 0 aliphatic carbocycles. The molecule has 0 radical (unpaired) electrons. The van der Waals surface area contributed by atoms with Crippen LogP contribution in [0.2, 0.25) is 0 Å². The number of nitrogens with zero attached hydrogens (tertiary/aromatic N) is 2. The Morgan fingerprint density at radius 3 is 1.57 bits per heavy atom. The fraction of sp³-hybridized carbons (Fsp3) is 0. The molecule has 11 aromatic carbocycles. The first kappa shape index (κ1) is 36.9. The van der Waals surface area contributed by atoms with E-state index in [1.807, 2.05) is 0 Å². The first-order valence-corrected chi connectivity index (χ1v) is 22.2. The van der Waals surface area contributed by atoms with Crippen LogP contribution in [-0.4, -0.2) is 4.57 Å². The number of benzene rings is 11. The van der Waals surface area contributed by atoms with Crippen molar-refractivity contribution < 1.29 is 4.42 Å². The number of hydrogen-bond acceptors (Lipinski definition) is 2. The van der Waals surface area contributed by atoms with Crippen molar-refractivity contribution in [3.8, 4) is 39.1 Å². The van der Waals surface area contributed by atoms with E-state index < -0.39 is 0 Å². The minimum atomic E-state index is 0.848. The number of para-hydroxylation sites is 1. The second-order valence-corrected chi connectivity index (χ2v) is 16.9. The summed E-state index contributed by atoms with van der Waals surface area (Å²) in [6, 6.07) is 87.7. The summed E-state index contributed by atoms with van der Waals surface area (Å²) in [7, 11) is 0.